The van der Waals surface area contributed by atoms with Crippen LogP contribution in [0, 0.1) is 11.3 Å². The van der Waals surface area contributed by atoms with Crippen LogP contribution in [0.4, 0.5) is 5.69 Å². The van der Waals surface area contributed by atoms with E-state index in [0.29, 0.717) is 17.1 Å². The lowest BCUT2D eigenvalue weighted by atomic mass is 10.1. The van der Waals surface area contributed by atoms with E-state index in [2.05, 4.69) is 11.4 Å². The third-order valence-corrected chi connectivity index (χ3v) is 2.77. The van der Waals surface area contributed by atoms with Crippen LogP contribution in [0.2, 0.25) is 5.02 Å². The molecule has 0 atom stereocenters. The number of halogens is 1. The van der Waals surface area contributed by atoms with E-state index in [4.69, 9.17) is 16.9 Å². The molecule has 0 aliphatic rings. The third kappa shape index (κ3) is 2.77. The zero-order valence-electron chi connectivity index (χ0n) is 9.15. The minimum Gasteiger partial charge on any atom is -0.380 e. The highest BCUT2D eigenvalue weighted by molar-refractivity contribution is 6.32. The Morgan fingerprint density at radius 3 is 2.53 bits per heavy atom. The summed E-state index contributed by atoms with van der Waals surface area (Å²) in [5, 5.41) is 12.7. The Morgan fingerprint density at radius 2 is 1.82 bits per heavy atom. The number of nitrogens with one attached hydrogen (secondary N) is 1. The summed E-state index contributed by atoms with van der Waals surface area (Å²) in [6.45, 7) is 0.676. The lowest BCUT2D eigenvalue weighted by Crippen LogP contribution is -2.01. The maximum absolute atomic E-state index is 9.02. The Labute approximate surface area is 105 Å². The number of hydrogen-bond donors (Lipinski definition) is 1. The first-order valence-electron chi connectivity index (χ1n) is 5.27. The second kappa shape index (κ2) is 5.38. The van der Waals surface area contributed by atoms with Gasteiger partial charge in [-0.2, -0.15) is 5.26 Å². The molecule has 17 heavy (non-hydrogen) atoms. The Hall–Kier alpha value is -1.98. The molecule has 0 fully saturated rings. The van der Waals surface area contributed by atoms with Crippen LogP contribution in [0.5, 0.6) is 0 Å². The lowest BCUT2D eigenvalue weighted by Gasteiger charge is -2.08. The predicted molar refractivity (Wildman–Crippen MR) is 69.9 cm³/mol. The smallest absolute Gasteiger partial charge is 0.103 e. The molecule has 0 spiro atoms. The number of benzene rings is 2. The van der Waals surface area contributed by atoms with E-state index < -0.39 is 0 Å². The third-order valence-electron chi connectivity index (χ3n) is 2.45. The summed E-state index contributed by atoms with van der Waals surface area (Å²) in [5.41, 5.74) is 2.42. The molecule has 0 saturated heterocycles. The Morgan fingerprint density at radius 1 is 1.06 bits per heavy atom. The Balaban J connectivity index is 2.15. The first kappa shape index (κ1) is 11.5. The molecule has 0 aliphatic heterocycles. The number of hydrogen-bond acceptors (Lipinski definition) is 2. The molecule has 0 aromatic heterocycles. The molecule has 2 rings (SSSR count). The maximum Gasteiger partial charge on any atom is 0.103 e. The van der Waals surface area contributed by atoms with Gasteiger partial charge in [0.15, 0.2) is 0 Å². The van der Waals surface area contributed by atoms with Gasteiger partial charge in [-0.3, -0.25) is 0 Å². The fraction of sp³-hybridized carbons (Fsp3) is 0.0714. The van der Waals surface area contributed by atoms with Gasteiger partial charge < -0.3 is 5.32 Å². The van der Waals surface area contributed by atoms with Crippen LogP contribution in [-0.2, 0) is 6.54 Å². The molecule has 0 aliphatic carbocycles. The molecule has 2 aromatic carbocycles. The molecule has 0 heterocycles. The molecule has 84 valence electrons. The van der Waals surface area contributed by atoms with Crippen LogP contribution in [0.15, 0.2) is 48.5 Å². The molecule has 0 unspecified atom stereocenters. The number of nitrogens with zero attached hydrogens (tertiary/aromatic N) is 1. The van der Waals surface area contributed by atoms with E-state index in [9.17, 15) is 0 Å². The van der Waals surface area contributed by atoms with Crippen molar-refractivity contribution in [2.75, 3.05) is 5.32 Å². The van der Waals surface area contributed by atoms with E-state index in [1.165, 1.54) is 0 Å². The standard InChI is InChI=1S/C14H11ClN2/c15-13-7-4-8-14(12(13)9-16)17-10-11-5-2-1-3-6-11/h1-8,17H,10H2. The van der Waals surface area contributed by atoms with E-state index in [1.807, 2.05) is 42.5 Å². The second-order valence-corrected chi connectivity index (χ2v) is 4.02. The van der Waals surface area contributed by atoms with Gasteiger partial charge in [0.05, 0.1) is 16.3 Å². The maximum atomic E-state index is 9.02. The molecule has 0 amide bonds. The van der Waals surface area contributed by atoms with Crippen molar-refractivity contribution in [3.05, 3.63) is 64.7 Å². The fourth-order valence-corrected chi connectivity index (χ4v) is 1.80. The quantitative estimate of drug-likeness (QED) is 0.888. The van der Waals surface area contributed by atoms with Gasteiger partial charge >= 0.3 is 0 Å². The summed E-state index contributed by atoms with van der Waals surface area (Å²) in [7, 11) is 0. The molecular weight excluding hydrogens is 232 g/mol. The Kier molecular flexibility index (Phi) is 3.64. The van der Waals surface area contributed by atoms with E-state index >= 15 is 0 Å². The van der Waals surface area contributed by atoms with Crippen LogP contribution in [0.1, 0.15) is 11.1 Å². The van der Waals surface area contributed by atoms with Crippen molar-refractivity contribution in [3.8, 4) is 6.07 Å². The van der Waals surface area contributed by atoms with Crippen molar-refractivity contribution in [1.29, 1.82) is 5.26 Å². The highest BCUT2D eigenvalue weighted by atomic mass is 35.5. The van der Waals surface area contributed by atoms with Crippen molar-refractivity contribution >= 4 is 17.3 Å². The molecule has 0 bridgehead atoms. The van der Waals surface area contributed by atoms with Crippen LogP contribution in [0.25, 0.3) is 0 Å². The summed E-state index contributed by atoms with van der Waals surface area (Å²) >= 11 is 5.95. The highest BCUT2D eigenvalue weighted by Crippen LogP contribution is 2.23. The molecule has 2 nitrogen and oxygen atoms in total. The van der Waals surface area contributed by atoms with E-state index in [-0.39, 0.29) is 0 Å². The predicted octanol–water partition coefficient (Wildman–Crippen LogP) is 3.82. The lowest BCUT2D eigenvalue weighted by molar-refractivity contribution is 1.15. The number of anilines is 1. The van der Waals surface area contributed by atoms with Gasteiger partial charge in [-0.05, 0) is 17.7 Å². The van der Waals surface area contributed by atoms with Crippen molar-refractivity contribution in [2.45, 2.75) is 6.54 Å². The summed E-state index contributed by atoms with van der Waals surface area (Å²) in [5.74, 6) is 0. The molecule has 0 radical (unpaired) electrons. The summed E-state index contributed by atoms with van der Waals surface area (Å²) in [6.07, 6.45) is 0. The molecule has 2 aromatic rings. The first-order valence-corrected chi connectivity index (χ1v) is 5.65. The average Bonchev–Trinajstić information content (AvgIpc) is 2.37. The van der Waals surface area contributed by atoms with Gasteiger partial charge in [0.2, 0.25) is 0 Å². The normalized spacial score (nSPS) is 9.65. The topological polar surface area (TPSA) is 35.8 Å². The molecule has 0 saturated carbocycles. The molecule has 3 heteroatoms. The van der Waals surface area contributed by atoms with Gasteiger partial charge in [-0.1, -0.05) is 48.0 Å². The fourth-order valence-electron chi connectivity index (χ4n) is 1.58. The SMILES string of the molecule is N#Cc1c(Cl)cccc1NCc1ccccc1. The summed E-state index contributed by atoms with van der Waals surface area (Å²) < 4.78 is 0. The van der Waals surface area contributed by atoms with Crippen molar-refractivity contribution in [1.82, 2.24) is 0 Å². The van der Waals surface area contributed by atoms with Crippen LogP contribution in [-0.4, -0.2) is 0 Å². The van der Waals surface area contributed by atoms with Gasteiger partial charge in [0.25, 0.3) is 0 Å². The Bertz CT molecular complexity index is 544. The minimum atomic E-state index is 0.477. The zero-order valence-corrected chi connectivity index (χ0v) is 9.91. The number of nitriles is 1. The first-order chi connectivity index (χ1) is 8.31. The largest absolute Gasteiger partial charge is 0.380 e. The molecular formula is C14H11ClN2. The van der Waals surface area contributed by atoms with Gasteiger partial charge in [-0.25, -0.2) is 0 Å². The second-order valence-electron chi connectivity index (χ2n) is 3.61. The van der Waals surface area contributed by atoms with Crippen molar-refractivity contribution in [2.24, 2.45) is 0 Å². The summed E-state index contributed by atoms with van der Waals surface area (Å²) in [6, 6.07) is 17.5. The van der Waals surface area contributed by atoms with E-state index in [0.717, 1.165) is 11.3 Å². The molecule has 1 N–H and O–H groups in total. The number of rotatable bonds is 3. The van der Waals surface area contributed by atoms with Crippen LogP contribution < -0.4 is 5.32 Å². The van der Waals surface area contributed by atoms with Gasteiger partial charge in [0, 0.05) is 6.54 Å². The van der Waals surface area contributed by atoms with E-state index in [1.54, 1.807) is 6.07 Å². The summed E-state index contributed by atoms with van der Waals surface area (Å²) in [4.78, 5) is 0. The zero-order chi connectivity index (χ0) is 12.1. The average molecular weight is 243 g/mol. The van der Waals surface area contributed by atoms with Crippen LogP contribution >= 0.6 is 11.6 Å². The monoisotopic (exact) mass is 242 g/mol. The highest BCUT2D eigenvalue weighted by Gasteiger charge is 2.05. The van der Waals surface area contributed by atoms with Gasteiger partial charge in [0.1, 0.15) is 6.07 Å². The van der Waals surface area contributed by atoms with Crippen molar-refractivity contribution < 1.29 is 0 Å². The minimum absolute atomic E-state index is 0.477. The van der Waals surface area contributed by atoms with Crippen LogP contribution in [0.3, 0.4) is 0 Å². The van der Waals surface area contributed by atoms with Gasteiger partial charge in [-0.15, -0.1) is 0 Å². The van der Waals surface area contributed by atoms with Crippen molar-refractivity contribution in [3.63, 3.8) is 0 Å².